The quantitative estimate of drug-likeness (QED) is 0.647. The monoisotopic (exact) mass is 421 g/mol. The Morgan fingerprint density at radius 3 is 2.71 bits per heavy atom. The van der Waals surface area contributed by atoms with Gasteiger partial charge in [0.1, 0.15) is 11.5 Å². The summed E-state index contributed by atoms with van der Waals surface area (Å²) in [7, 11) is 0. The van der Waals surface area contributed by atoms with Crippen LogP contribution in [-0.2, 0) is 0 Å². The lowest BCUT2D eigenvalue weighted by Crippen LogP contribution is -2.74. The molecule has 1 aromatic carbocycles. The number of halogens is 1. The molecular weight excluding hydrogens is 397 g/mol. The summed E-state index contributed by atoms with van der Waals surface area (Å²) in [6, 6.07) is 6.48. The smallest absolute Gasteiger partial charge is 0.256 e. The zero-order valence-corrected chi connectivity index (χ0v) is 17.8. The van der Waals surface area contributed by atoms with Crippen LogP contribution in [0.4, 0.5) is 10.3 Å². The minimum absolute atomic E-state index is 0.127. The Bertz CT molecular complexity index is 1130. The summed E-state index contributed by atoms with van der Waals surface area (Å²) in [5.74, 6) is 0.381. The molecule has 0 spiro atoms. The molecule has 160 valence electrons. The van der Waals surface area contributed by atoms with Crippen LogP contribution in [0, 0.1) is 25.6 Å². The number of likely N-dealkylation sites (tertiary alicyclic amines) is 1. The second kappa shape index (κ2) is 7.11. The fraction of sp³-hybridized carbons (Fsp3) is 0.409. The molecule has 0 radical (unpaired) electrons. The van der Waals surface area contributed by atoms with Gasteiger partial charge in [0.05, 0.1) is 23.5 Å². The van der Waals surface area contributed by atoms with Crippen molar-refractivity contribution in [2.75, 3.05) is 24.5 Å². The van der Waals surface area contributed by atoms with E-state index in [9.17, 15) is 9.18 Å². The summed E-state index contributed by atoms with van der Waals surface area (Å²) < 4.78 is 16.0. The first-order chi connectivity index (χ1) is 14.9. The number of benzene rings is 1. The number of anilines is 1. The van der Waals surface area contributed by atoms with E-state index in [1.165, 1.54) is 23.1 Å². The van der Waals surface area contributed by atoms with Crippen molar-refractivity contribution in [3.63, 3.8) is 0 Å². The number of aromatic nitrogens is 5. The van der Waals surface area contributed by atoms with Gasteiger partial charge < -0.3 is 9.80 Å². The van der Waals surface area contributed by atoms with E-state index in [1.807, 2.05) is 24.8 Å². The molecular formula is C22H24FN7O. The van der Waals surface area contributed by atoms with Gasteiger partial charge in [-0.25, -0.2) is 19.0 Å². The number of fused-ring (bicyclic) bond motifs is 1. The minimum atomic E-state index is -0.507. The van der Waals surface area contributed by atoms with Crippen LogP contribution in [0.25, 0.3) is 5.69 Å². The molecule has 2 atom stereocenters. The molecule has 8 nitrogen and oxygen atoms in total. The van der Waals surface area contributed by atoms with Gasteiger partial charge in [-0.1, -0.05) is 11.3 Å². The number of carbonyl (C=O) groups excluding carboxylic acids is 1. The zero-order valence-electron chi connectivity index (χ0n) is 17.8. The number of hydrogen-bond acceptors (Lipinski definition) is 6. The van der Waals surface area contributed by atoms with Crippen LogP contribution in [0.2, 0.25) is 0 Å². The Balaban J connectivity index is 1.45. The van der Waals surface area contributed by atoms with Gasteiger partial charge in [0.15, 0.2) is 0 Å². The number of aryl methyl sites for hydroxylation is 2. The lowest BCUT2D eigenvalue weighted by atomic mass is 9.70. The summed E-state index contributed by atoms with van der Waals surface area (Å²) in [5.41, 5.74) is 1.89. The number of carbonyl (C=O) groups is 1. The largest absolute Gasteiger partial charge is 0.338 e. The van der Waals surface area contributed by atoms with Crippen LogP contribution in [0.5, 0.6) is 0 Å². The summed E-state index contributed by atoms with van der Waals surface area (Å²) in [6.07, 6.45) is 3.95. The highest BCUT2D eigenvalue weighted by molar-refractivity contribution is 5.99. The molecule has 0 saturated carbocycles. The Morgan fingerprint density at radius 2 is 2.00 bits per heavy atom. The molecule has 0 bridgehead atoms. The van der Waals surface area contributed by atoms with Crippen LogP contribution >= 0.6 is 0 Å². The second-order valence-electron chi connectivity index (χ2n) is 8.61. The third-order valence-corrected chi connectivity index (χ3v) is 6.52. The van der Waals surface area contributed by atoms with E-state index in [0.29, 0.717) is 25.0 Å². The van der Waals surface area contributed by atoms with Crippen LogP contribution in [-0.4, -0.2) is 60.9 Å². The maximum absolute atomic E-state index is 14.7. The van der Waals surface area contributed by atoms with E-state index < -0.39 is 5.82 Å². The number of nitrogens with zero attached hydrogens (tertiary/aromatic N) is 7. The zero-order chi connectivity index (χ0) is 21.8. The number of rotatable bonds is 3. The Labute approximate surface area is 179 Å². The van der Waals surface area contributed by atoms with E-state index in [1.54, 1.807) is 12.1 Å². The third-order valence-electron chi connectivity index (χ3n) is 6.52. The molecule has 4 heterocycles. The van der Waals surface area contributed by atoms with E-state index in [-0.39, 0.29) is 22.7 Å². The molecule has 0 aliphatic carbocycles. The first-order valence-electron chi connectivity index (χ1n) is 10.4. The van der Waals surface area contributed by atoms with E-state index in [0.717, 1.165) is 24.4 Å². The Morgan fingerprint density at radius 1 is 1.23 bits per heavy atom. The Kier molecular flexibility index (Phi) is 4.49. The van der Waals surface area contributed by atoms with Crippen molar-refractivity contribution >= 4 is 11.9 Å². The summed E-state index contributed by atoms with van der Waals surface area (Å²) >= 11 is 0. The molecule has 2 aromatic heterocycles. The van der Waals surface area contributed by atoms with Gasteiger partial charge in [0.2, 0.25) is 5.95 Å². The van der Waals surface area contributed by atoms with Crippen molar-refractivity contribution in [1.29, 1.82) is 0 Å². The number of piperidine rings is 1. The van der Waals surface area contributed by atoms with E-state index in [2.05, 4.69) is 32.1 Å². The molecule has 9 heteroatoms. The summed E-state index contributed by atoms with van der Waals surface area (Å²) in [5, 5.41) is 7.65. The van der Waals surface area contributed by atoms with Crippen LogP contribution in [0.15, 0.2) is 36.7 Å². The summed E-state index contributed by atoms with van der Waals surface area (Å²) in [6.45, 7) is 8.17. The van der Waals surface area contributed by atoms with Crippen LogP contribution < -0.4 is 4.90 Å². The molecule has 31 heavy (non-hydrogen) atoms. The van der Waals surface area contributed by atoms with E-state index in [4.69, 9.17) is 0 Å². The molecule has 3 aromatic rings. The first-order valence-corrected chi connectivity index (χ1v) is 10.4. The van der Waals surface area contributed by atoms with E-state index >= 15 is 0 Å². The average Bonchev–Trinajstić information content (AvgIpc) is 3.24. The standard InChI is InChI=1S/C22H24FN7O/c1-14-11-15(2)26-21(25-14)28-9-7-16-12-29(22(16,3)13-28)20(31)17-5-4-6-18(23)19(17)30-10-8-24-27-30/h4-6,8,10-11,16H,7,9,12-13H2,1-3H3. The second-order valence-corrected chi connectivity index (χ2v) is 8.61. The SMILES string of the molecule is Cc1cc(C)nc(N2CCC3CN(C(=O)c4cccc(F)c4-n4ccnn4)C3(C)C2)n1. The number of para-hydroxylation sites is 1. The predicted molar refractivity (Wildman–Crippen MR) is 113 cm³/mol. The normalized spacial score (nSPS) is 22.8. The van der Waals surface area contributed by atoms with Gasteiger partial charge in [-0.2, -0.15) is 0 Å². The fourth-order valence-electron chi connectivity index (χ4n) is 4.86. The predicted octanol–water partition coefficient (Wildman–Crippen LogP) is 2.55. The van der Waals surface area contributed by atoms with Crippen molar-refractivity contribution < 1.29 is 9.18 Å². The van der Waals surface area contributed by atoms with Crippen molar-refractivity contribution in [3.8, 4) is 5.69 Å². The number of hydrogen-bond donors (Lipinski definition) is 0. The molecule has 2 aliphatic heterocycles. The molecule has 5 rings (SSSR count). The average molecular weight is 421 g/mol. The Hall–Kier alpha value is -3.36. The molecule has 2 fully saturated rings. The topological polar surface area (TPSA) is 80.0 Å². The minimum Gasteiger partial charge on any atom is -0.338 e. The molecule has 2 unspecified atom stereocenters. The molecule has 0 N–H and O–H groups in total. The van der Waals surface area contributed by atoms with Gasteiger partial charge in [0, 0.05) is 36.9 Å². The first kappa shape index (κ1) is 19.6. The maximum Gasteiger partial charge on any atom is 0.256 e. The van der Waals surface area contributed by atoms with Gasteiger partial charge in [-0.15, -0.1) is 5.10 Å². The molecule has 2 saturated heterocycles. The highest BCUT2D eigenvalue weighted by atomic mass is 19.1. The van der Waals surface area contributed by atoms with Gasteiger partial charge in [-0.3, -0.25) is 4.79 Å². The maximum atomic E-state index is 14.7. The summed E-state index contributed by atoms with van der Waals surface area (Å²) in [4.78, 5) is 26.8. The molecule has 1 amide bonds. The van der Waals surface area contributed by atoms with Gasteiger partial charge in [0.25, 0.3) is 5.91 Å². The van der Waals surface area contributed by atoms with Crippen molar-refractivity contribution in [2.24, 2.45) is 5.92 Å². The van der Waals surface area contributed by atoms with Crippen molar-refractivity contribution in [1.82, 2.24) is 29.9 Å². The van der Waals surface area contributed by atoms with Crippen LogP contribution in [0.3, 0.4) is 0 Å². The lowest BCUT2D eigenvalue weighted by molar-refractivity contribution is -0.0536. The highest BCUT2D eigenvalue weighted by Crippen LogP contribution is 2.44. The lowest BCUT2D eigenvalue weighted by Gasteiger charge is -2.61. The van der Waals surface area contributed by atoms with Gasteiger partial charge >= 0.3 is 0 Å². The van der Waals surface area contributed by atoms with Gasteiger partial charge in [-0.05, 0) is 45.4 Å². The van der Waals surface area contributed by atoms with Crippen molar-refractivity contribution in [2.45, 2.75) is 32.7 Å². The van der Waals surface area contributed by atoms with Crippen LogP contribution in [0.1, 0.15) is 35.1 Å². The fourth-order valence-corrected chi connectivity index (χ4v) is 4.86. The molecule has 2 aliphatic rings. The number of amides is 1. The highest BCUT2D eigenvalue weighted by Gasteiger charge is 2.55. The third kappa shape index (κ3) is 3.15. The van der Waals surface area contributed by atoms with Crippen molar-refractivity contribution in [3.05, 3.63) is 59.4 Å².